The lowest BCUT2D eigenvalue weighted by Crippen LogP contribution is -2.45. The molecule has 1 aromatic heterocycles. The molecule has 3 rings (SSSR count). The number of fused-ring (bicyclic) bond motifs is 1. The number of rotatable bonds is 5. The molecule has 1 aliphatic heterocycles. The first kappa shape index (κ1) is 15.2. The molecule has 0 unspecified atom stereocenters. The van der Waals surface area contributed by atoms with Crippen LogP contribution in [0.3, 0.4) is 0 Å². The van der Waals surface area contributed by atoms with E-state index in [4.69, 9.17) is 0 Å². The number of hydrogen-bond donors (Lipinski definition) is 2. The van der Waals surface area contributed by atoms with Crippen LogP contribution in [0.4, 0.5) is 5.13 Å². The molecule has 0 amide bonds. The predicted molar refractivity (Wildman–Crippen MR) is 85.5 cm³/mol. The summed E-state index contributed by atoms with van der Waals surface area (Å²) in [6.07, 6.45) is 4.36. The fraction of sp³-hybridized carbons (Fsp3) is 0.769. The Bertz CT molecular complexity index is 555. The molecule has 0 bridgehead atoms. The quantitative estimate of drug-likeness (QED) is 0.830. The topological polar surface area (TPSA) is 74.3 Å². The van der Waals surface area contributed by atoms with Crippen molar-refractivity contribution in [3.8, 4) is 0 Å². The molecule has 21 heavy (non-hydrogen) atoms. The van der Waals surface area contributed by atoms with Crippen LogP contribution < -0.4 is 10.0 Å². The van der Waals surface area contributed by atoms with Crippen molar-refractivity contribution in [1.82, 2.24) is 15.2 Å². The third kappa shape index (κ3) is 4.15. The van der Waals surface area contributed by atoms with Crippen LogP contribution in [0, 0.1) is 0 Å². The van der Waals surface area contributed by atoms with Crippen molar-refractivity contribution in [2.45, 2.75) is 25.7 Å². The summed E-state index contributed by atoms with van der Waals surface area (Å²) in [5, 5.41) is 3.81. The van der Waals surface area contributed by atoms with Gasteiger partial charge < -0.3 is 5.32 Å². The summed E-state index contributed by atoms with van der Waals surface area (Å²) in [6.45, 7) is 4.30. The number of piperazine rings is 1. The minimum absolute atomic E-state index is 0.136. The molecule has 0 spiro atoms. The van der Waals surface area contributed by atoms with Gasteiger partial charge in [0.2, 0.25) is 10.0 Å². The molecule has 0 atom stereocenters. The molecular weight excluding hydrogens is 308 g/mol. The number of nitrogens with zero attached hydrogens (tertiary/aromatic N) is 2. The zero-order valence-electron chi connectivity index (χ0n) is 12.1. The van der Waals surface area contributed by atoms with Crippen LogP contribution in [0.15, 0.2) is 0 Å². The summed E-state index contributed by atoms with van der Waals surface area (Å²) in [5.41, 5.74) is 1.09. The first-order chi connectivity index (χ1) is 10.1. The maximum atomic E-state index is 12.2. The minimum atomic E-state index is -3.30. The number of aryl methyl sites for hydroxylation is 2. The zero-order valence-corrected chi connectivity index (χ0v) is 13.7. The predicted octanol–water partition coefficient (Wildman–Crippen LogP) is 0.669. The molecule has 1 aromatic rings. The van der Waals surface area contributed by atoms with Crippen LogP contribution in [-0.4, -0.2) is 56.8 Å². The normalized spacial score (nSPS) is 20.2. The molecule has 2 aliphatic rings. The van der Waals surface area contributed by atoms with Crippen LogP contribution in [0.5, 0.6) is 0 Å². The molecule has 6 nitrogen and oxygen atoms in total. The van der Waals surface area contributed by atoms with E-state index < -0.39 is 10.0 Å². The van der Waals surface area contributed by atoms with Gasteiger partial charge in [-0.05, 0) is 25.7 Å². The average Bonchev–Trinajstić information content (AvgIpc) is 2.87. The van der Waals surface area contributed by atoms with Crippen LogP contribution in [-0.2, 0) is 22.9 Å². The van der Waals surface area contributed by atoms with Gasteiger partial charge in [-0.3, -0.25) is 9.62 Å². The fourth-order valence-corrected chi connectivity index (χ4v) is 5.12. The Kier molecular flexibility index (Phi) is 4.78. The fourth-order valence-electron chi connectivity index (χ4n) is 2.76. The summed E-state index contributed by atoms with van der Waals surface area (Å²) in [5.74, 6) is 0.136. The maximum absolute atomic E-state index is 12.2. The number of anilines is 1. The Balaban J connectivity index is 1.56. The molecule has 0 radical (unpaired) electrons. The van der Waals surface area contributed by atoms with E-state index in [-0.39, 0.29) is 5.75 Å². The maximum Gasteiger partial charge on any atom is 0.235 e. The molecule has 1 saturated heterocycles. The van der Waals surface area contributed by atoms with Crippen molar-refractivity contribution < 1.29 is 8.42 Å². The van der Waals surface area contributed by atoms with Gasteiger partial charge in [0, 0.05) is 37.6 Å². The highest BCUT2D eigenvalue weighted by Gasteiger charge is 2.20. The molecule has 2 N–H and O–H groups in total. The van der Waals surface area contributed by atoms with Gasteiger partial charge in [0.1, 0.15) is 0 Å². The summed E-state index contributed by atoms with van der Waals surface area (Å²) < 4.78 is 27.0. The van der Waals surface area contributed by atoms with E-state index in [1.54, 1.807) is 0 Å². The van der Waals surface area contributed by atoms with Gasteiger partial charge in [0.05, 0.1) is 11.4 Å². The van der Waals surface area contributed by atoms with Crippen LogP contribution in [0.1, 0.15) is 23.4 Å². The van der Waals surface area contributed by atoms with E-state index in [0.29, 0.717) is 11.7 Å². The third-order valence-corrected chi connectivity index (χ3v) is 6.40. The molecule has 1 fully saturated rings. The van der Waals surface area contributed by atoms with Crippen LogP contribution >= 0.6 is 11.3 Å². The number of thiazole rings is 1. The SMILES string of the molecule is O=S(=O)(CCN1CCNCC1)Nc1nc2c(s1)CCCC2. The Morgan fingerprint density at radius 1 is 1.24 bits per heavy atom. The lowest BCUT2D eigenvalue weighted by Gasteiger charge is -2.26. The standard InChI is InChI=1S/C13H22N4O2S2/c18-21(19,10-9-17-7-5-14-6-8-17)16-13-15-11-3-1-2-4-12(11)20-13/h14H,1-10H2,(H,15,16). The van der Waals surface area contributed by atoms with Gasteiger partial charge >= 0.3 is 0 Å². The lowest BCUT2D eigenvalue weighted by molar-refractivity contribution is 0.254. The highest BCUT2D eigenvalue weighted by atomic mass is 32.2. The van der Waals surface area contributed by atoms with Crippen LogP contribution in [0.25, 0.3) is 0 Å². The monoisotopic (exact) mass is 330 g/mol. The van der Waals surface area contributed by atoms with Gasteiger partial charge in [0.15, 0.2) is 5.13 Å². The van der Waals surface area contributed by atoms with E-state index in [9.17, 15) is 8.42 Å². The van der Waals surface area contributed by atoms with E-state index in [0.717, 1.165) is 51.1 Å². The molecule has 0 aromatic carbocycles. The molecule has 118 valence electrons. The summed E-state index contributed by atoms with van der Waals surface area (Å²) in [4.78, 5) is 7.87. The van der Waals surface area contributed by atoms with Crippen molar-refractivity contribution in [2.75, 3.05) is 43.2 Å². The van der Waals surface area contributed by atoms with Gasteiger partial charge in [0.25, 0.3) is 0 Å². The van der Waals surface area contributed by atoms with Crippen molar-refractivity contribution in [1.29, 1.82) is 0 Å². The van der Waals surface area contributed by atoms with Gasteiger partial charge in [-0.2, -0.15) is 0 Å². The van der Waals surface area contributed by atoms with Crippen molar-refractivity contribution in [2.24, 2.45) is 0 Å². The Labute approximate surface area is 130 Å². The van der Waals surface area contributed by atoms with E-state index in [2.05, 4.69) is 19.9 Å². The second-order valence-corrected chi connectivity index (χ2v) is 8.53. The third-order valence-electron chi connectivity index (χ3n) is 3.97. The Morgan fingerprint density at radius 2 is 2.00 bits per heavy atom. The van der Waals surface area contributed by atoms with E-state index >= 15 is 0 Å². The second kappa shape index (κ2) is 6.60. The summed E-state index contributed by atoms with van der Waals surface area (Å²) in [7, 11) is -3.30. The number of sulfonamides is 1. The average molecular weight is 330 g/mol. The van der Waals surface area contributed by atoms with Gasteiger partial charge in [-0.15, -0.1) is 11.3 Å². The van der Waals surface area contributed by atoms with E-state index in [1.807, 2.05) is 0 Å². The highest BCUT2D eigenvalue weighted by Crippen LogP contribution is 2.29. The number of aromatic nitrogens is 1. The highest BCUT2D eigenvalue weighted by molar-refractivity contribution is 7.92. The first-order valence-electron chi connectivity index (χ1n) is 7.54. The molecule has 1 aliphatic carbocycles. The van der Waals surface area contributed by atoms with Crippen LogP contribution in [0.2, 0.25) is 0 Å². The van der Waals surface area contributed by atoms with Crippen molar-refractivity contribution in [3.05, 3.63) is 10.6 Å². The number of nitrogens with one attached hydrogen (secondary N) is 2. The smallest absolute Gasteiger partial charge is 0.235 e. The van der Waals surface area contributed by atoms with Crippen molar-refractivity contribution in [3.63, 3.8) is 0 Å². The molecule has 0 saturated carbocycles. The van der Waals surface area contributed by atoms with E-state index in [1.165, 1.54) is 22.6 Å². The van der Waals surface area contributed by atoms with Gasteiger partial charge in [-0.25, -0.2) is 13.4 Å². The van der Waals surface area contributed by atoms with Gasteiger partial charge in [-0.1, -0.05) is 0 Å². The summed E-state index contributed by atoms with van der Waals surface area (Å²) >= 11 is 1.50. The zero-order chi connectivity index (χ0) is 14.7. The van der Waals surface area contributed by atoms with Crippen molar-refractivity contribution >= 4 is 26.5 Å². The lowest BCUT2D eigenvalue weighted by atomic mass is 10.0. The summed E-state index contributed by atoms with van der Waals surface area (Å²) in [6, 6.07) is 0. The molecular formula is C13H22N4O2S2. The number of hydrogen-bond acceptors (Lipinski definition) is 6. The molecule has 2 heterocycles. The molecule has 8 heteroatoms. The first-order valence-corrected chi connectivity index (χ1v) is 10.0. The Morgan fingerprint density at radius 3 is 2.76 bits per heavy atom. The Hall–Kier alpha value is -0.700. The second-order valence-electron chi connectivity index (χ2n) is 5.61. The minimum Gasteiger partial charge on any atom is -0.314 e. The largest absolute Gasteiger partial charge is 0.314 e.